The molecule has 36 heavy (non-hydrogen) atoms. The fraction of sp³-hybridized carbons (Fsp3) is 0.381. The van der Waals surface area contributed by atoms with Gasteiger partial charge in [-0.2, -0.15) is 18.3 Å². The predicted molar refractivity (Wildman–Crippen MR) is 128 cm³/mol. The van der Waals surface area contributed by atoms with Gasteiger partial charge in [-0.15, -0.1) is 5.10 Å². The molecule has 1 saturated heterocycles. The molecule has 1 aliphatic rings. The molecule has 190 valence electrons. The van der Waals surface area contributed by atoms with Crippen molar-refractivity contribution < 1.29 is 22.5 Å². The van der Waals surface area contributed by atoms with Crippen molar-refractivity contribution in [3.05, 3.63) is 29.5 Å². The fourth-order valence-electron chi connectivity index (χ4n) is 4.45. The number of piperidine rings is 1. The molecule has 0 aromatic carbocycles. The molecule has 4 aromatic rings. The highest BCUT2D eigenvalue weighted by Crippen LogP contribution is 2.40. The first-order chi connectivity index (χ1) is 16.9. The summed E-state index contributed by atoms with van der Waals surface area (Å²) >= 11 is 0. The van der Waals surface area contributed by atoms with Crippen LogP contribution in [0.5, 0.6) is 0 Å². The zero-order valence-corrected chi connectivity index (χ0v) is 20.2. The molecule has 0 spiro atoms. The summed E-state index contributed by atoms with van der Waals surface area (Å²) in [6, 6.07) is 2.84. The molecular weight excluding hydrogens is 498 g/mol. The Kier molecular flexibility index (Phi) is 5.75. The molecule has 4 aromatic heterocycles. The van der Waals surface area contributed by atoms with E-state index in [4.69, 9.17) is 5.73 Å². The van der Waals surface area contributed by atoms with Gasteiger partial charge in [0.1, 0.15) is 29.5 Å². The van der Waals surface area contributed by atoms with Crippen LogP contribution in [-0.2, 0) is 10.7 Å². The smallest absolute Gasteiger partial charge is 0.366 e. The maximum Gasteiger partial charge on any atom is 0.420 e. The number of alkyl halides is 3. The average Bonchev–Trinajstić information content (AvgIpc) is 3.37. The Morgan fingerprint density at radius 2 is 2.06 bits per heavy atom. The summed E-state index contributed by atoms with van der Waals surface area (Å²) in [5.74, 6) is -0.751. The number of fused-ring (bicyclic) bond motifs is 3. The van der Waals surface area contributed by atoms with E-state index in [1.807, 2.05) is 0 Å². The Morgan fingerprint density at radius 3 is 2.69 bits per heavy atom. The van der Waals surface area contributed by atoms with Crippen LogP contribution in [0.3, 0.4) is 0 Å². The SMILES string of the molecule is CP(C)(=O)c1c(C(N)=O)ccc2c3c(-c4nc(N[C@H]5CCCNC5)ncc4C(F)(F)F)n[nH]c3nn12. The molecule has 1 aliphatic heterocycles. The summed E-state index contributed by atoms with van der Waals surface area (Å²) in [6.45, 7) is 4.42. The van der Waals surface area contributed by atoms with Gasteiger partial charge in [-0.05, 0) is 44.8 Å². The number of halogens is 3. The summed E-state index contributed by atoms with van der Waals surface area (Å²) in [5.41, 5.74) is 4.44. The molecule has 15 heteroatoms. The molecule has 1 fully saturated rings. The predicted octanol–water partition coefficient (Wildman–Crippen LogP) is 2.20. The molecule has 0 saturated carbocycles. The number of aromatic nitrogens is 6. The van der Waals surface area contributed by atoms with Crippen molar-refractivity contribution >= 4 is 41.0 Å². The van der Waals surface area contributed by atoms with E-state index in [1.54, 1.807) is 0 Å². The average molecular weight is 521 g/mol. The van der Waals surface area contributed by atoms with Crippen molar-refractivity contribution in [1.82, 2.24) is 35.1 Å². The quantitative estimate of drug-likeness (QED) is 0.291. The van der Waals surface area contributed by atoms with Crippen LogP contribution in [0, 0.1) is 0 Å². The van der Waals surface area contributed by atoms with Gasteiger partial charge < -0.3 is 20.9 Å². The van der Waals surface area contributed by atoms with E-state index in [0.717, 1.165) is 25.6 Å². The number of anilines is 1. The molecule has 5 N–H and O–H groups in total. The number of hydrogen-bond donors (Lipinski definition) is 4. The number of carbonyl (C=O) groups is 1. The highest BCUT2D eigenvalue weighted by atomic mass is 31.2. The molecule has 11 nitrogen and oxygen atoms in total. The highest BCUT2D eigenvalue weighted by molar-refractivity contribution is 7.70. The van der Waals surface area contributed by atoms with Crippen molar-refractivity contribution in [2.45, 2.75) is 25.1 Å². The maximum absolute atomic E-state index is 14.0. The van der Waals surface area contributed by atoms with Crippen LogP contribution >= 0.6 is 7.14 Å². The maximum atomic E-state index is 14.0. The first kappa shape index (κ1) is 24.2. The second-order valence-electron chi connectivity index (χ2n) is 9.02. The van der Waals surface area contributed by atoms with E-state index in [-0.39, 0.29) is 39.7 Å². The Bertz CT molecular complexity index is 1530. The number of nitrogens with zero attached hydrogens (tertiary/aromatic N) is 5. The van der Waals surface area contributed by atoms with Crippen LogP contribution < -0.4 is 21.8 Å². The van der Waals surface area contributed by atoms with Crippen LogP contribution in [0.2, 0.25) is 0 Å². The van der Waals surface area contributed by atoms with Crippen LogP contribution in [0.25, 0.3) is 27.9 Å². The number of hydrogen-bond acceptors (Lipinski definition) is 8. The molecule has 1 atom stereocenters. The number of carbonyl (C=O) groups excluding carboxylic acids is 1. The number of primary amides is 1. The third-order valence-electron chi connectivity index (χ3n) is 6.01. The molecule has 1 amide bonds. The van der Waals surface area contributed by atoms with Crippen molar-refractivity contribution in [3.63, 3.8) is 0 Å². The minimum absolute atomic E-state index is 0.0149. The van der Waals surface area contributed by atoms with Gasteiger partial charge in [-0.3, -0.25) is 9.89 Å². The largest absolute Gasteiger partial charge is 0.420 e. The van der Waals surface area contributed by atoms with E-state index in [1.165, 1.54) is 30.0 Å². The lowest BCUT2D eigenvalue weighted by molar-refractivity contribution is -0.137. The molecule has 5 heterocycles. The van der Waals surface area contributed by atoms with Gasteiger partial charge in [-0.25, -0.2) is 14.5 Å². The number of nitrogens with two attached hydrogens (primary N) is 1. The number of pyridine rings is 1. The lowest BCUT2D eigenvalue weighted by Crippen LogP contribution is -2.38. The van der Waals surface area contributed by atoms with Crippen molar-refractivity contribution in [3.8, 4) is 11.4 Å². The second-order valence-corrected chi connectivity index (χ2v) is 12.1. The third kappa shape index (κ3) is 4.20. The lowest BCUT2D eigenvalue weighted by atomic mass is 10.1. The Labute approximate surface area is 202 Å². The van der Waals surface area contributed by atoms with Crippen LogP contribution in [-0.4, -0.2) is 68.1 Å². The van der Waals surface area contributed by atoms with Crippen molar-refractivity contribution in [2.24, 2.45) is 5.73 Å². The summed E-state index contributed by atoms with van der Waals surface area (Å²) in [7, 11) is -3.09. The van der Waals surface area contributed by atoms with Crippen LogP contribution in [0.1, 0.15) is 28.8 Å². The molecule has 5 rings (SSSR count). The zero-order chi connectivity index (χ0) is 25.8. The number of aromatic amines is 1. The van der Waals surface area contributed by atoms with Gasteiger partial charge in [0.15, 0.2) is 5.65 Å². The Morgan fingerprint density at radius 1 is 1.28 bits per heavy atom. The zero-order valence-electron chi connectivity index (χ0n) is 19.3. The van der Waals surface area contributed by atoms with E-state index < -0.39 is 30.5 Å². The van der Waals surface area contributed by atoms with Gasteiger partial charge in [0.05, 0.1) is 16.5 Å². The van der Waals surface area contributed by atoms with Gasteiger partial charge in [0.25, 0.3) is 5.91 Å². The van der Waals surface area contributed by atoms with Gasteiger partial charge in [0, 0.05) is 18.8 Å². The van der Waals surface area contributed by atoms with Gasteiger partial charge in [0.2, 0.25) is 5.95 Å². The summed E-state index contributed by atoms with van der Waals surface area (Å²) in [5, 5.41) is 17.6. The summed E-state index contributed by atoms with van der Waals surface area (Å²) in [4.78, 5) is 20.1. The topological polar surface area (TPSA) is 156 Å². The van der Waals surface area contributed by atoms with E-state index in [9.17, 15) is 22.5 Å². The Hall–Kier alpha value is -3.51. The molecule has 0 radical (unpaired) electrons. The summed E-state index contributed by atoms with van der Waals surface area (Å²) < 4.78 is 56.2. The van der Waals surface area contributed by atoms with Gasteiger partial charge in [-0.1, -0.05) is 0 Å². The van der Waals surface area contributed by atoms with E-state index >= 15 is 0 Å². The number of amides is 1. The van der Waals surface area contributed by atoms with Crippen molar-refractivity contribution in [2.75, 3.05) is 31.7 Å². The van der Waals surface area contributed by atoms with Crippen molar-refractivity contribution in [1.29, 1.82) is 0 Å². The standard InChI is InChI=1S/C21H23F3N9O2P/c1-36(2,35)19-11(17(25)34)5-6-13-14-16(30-31-18(14)32-33(13)19)15-12(21(22,23)24)9-27-20(29-15)28-10-4-3-7-26-8-10/h5-6,9-10,26H,3-4,7-8H2,1-2H3,(H2,25,34)(H,31,32)(H,27,28,29)/t10-/m0/s1. The number of H-pyrrole nitrogens is 1. The van der Waals surface area contributed by atoms with E-state index in [2.05, 4.69) is 35.9 Å². The molecule has 0 aliphatic carbocycles. The first-order valence-electron chi connectivity index (χ1n) is 11.1. The van der Waals surface area contributed by atoms with Crippen LogP contribution in [0.4, 0.5) is 19.1 Å². The highest BCUT2D eigenvalue weighted by Gasteiger charge is 2.37. The summed E-state index contributed by atoms with van der Waals surface area (Å²) in [6.07, 6.45) is -2.27. The third-order valence-corrected chi connectivity index (χ3v) is 7.46. The molecule has 0 bridgehead atoms. The molecular formula is C21H23F3N9O2P. The first-order valence-corrected chi connectivity index (χ1v) is 13.7. The number of rotatable bonds is 5. The monoisotopic (exact) mass is 521 g/mol. The van der Waals surface area contributed by atoms with E-state index in [0.29, 0.717) is 12.1 Å². The fourth-order valence-corrected chi connectivity index (χ4v) is 5.83. The van der Waals surface area contributed by atoms with Crippen LogP contribution in [0.15, 0.2) is 18.3 Å². The van der Waals surface area contributed by atoms with Gasteiger partial charge >= 0.3 is 6.18 Å². The lowest BCUT2D eigenvalue weighted by Gasteiger charge is -2.24. The second kappa shape index (κ2) is 8.56. The minimum Gasteiger partial charge on any atom is -0.366 e. The number of nitrogens with one attached hydrogen (secondary N) is 3. The Balaban J connectivity index is 1.73. The normalized spacial score (nSPS) is 17.1. The minimum atomic E-state index is -4.75. The molecule has 0 unspecified atom stereocenters.